The van der Waals surface area contributed by atoms with E-state index in [1.807, 2.05) is 60.7 Å². The van der Waals surface area contributed by atoms with Crippen molar-refractivity contribution in [2.24, 2.45) is 0 Å². The summed E-state index contributed by atoms with van der Waals surface area (Å²) >= 11 is 0. The number of anilines is 6. The van der Waals surface area contributed by atoms with Crippen LogP contribution in [-0.2, 0) is 9.63 Å². The van der Waals surface area contributed by atoms with Crippen LogP contribution in [0.15, 0.2) is 91.8 Å². The zero-order valence-corrected chi connectivity index (χ0v) is 26.5. The number of methoxy groups -OCH3 is 1. The number of hydrogen-bond acceptors (Lipinski definition) is 10. The molecule has 6 rings (SSSR count). The lowest BCUT2D eigenvalue weighted by molar-refractivity contribution is -0.111. The summed E-state index contributed by atoms with van der Waals surface area (Å²) in [5, 5.41) is 11.0. The Morgan fingerprint density at radius 1 is 0.957 bits per heavy atom. The van der Waals surface area contributed by atoms with Gasteiger partial charge in [0.2, 0.25) is 5.91 Å². The lowest BCUT2D eigenvalue weighted by atomic mass is 10.0. The maximum atomic E-state index is 13.0. The predicted octanol–water partition coefficient (Wildman–Crippen LogP) is 5.24. The molecular formula is C35H38N8O4. The van der Waals surface area contributed by atoms with Crippen molar-refractivity contribution in [3.05, 3.63) is 103 Å². The van der Waals surface area contributed by atoms with Gasteiger partial charge in [-0.05, 0) is 49.0 Å². The average Bonchev–Trinajstić information content (AvgIpc) is 3.60. The van der Waals surface area contributed by atoms with Gasteiger partial charge >= 0.3 is 0 Å². The van der Waals surface area contributed by atoms with Crippen molar-refractivity contribution in [3.8, 4) is 5.75 Å². The Labute approximate surface area is 274 Å². The van der Waals surface area contributed by atoms with Gasteiger partial charge in [-0.1, -0.05) is 36.9 Å². The summed E-state index contributed by atoms with van der Waals surface area (Å²) in [7, 11) is 3.71. The molecule has 2 saturated heterocycles. The molecule has 0 aliphatic carbocycles. The average molecular weight is 635 g/mol. The highest BCUT2D eigenvalue weighted by Gasteiger charge is 2.30. The summed E-state index contributed by atoms with van der Waals surface area (Å²) in [5.41, 5.74) is 4.33. The highest BCUT2D eigenvalue weighted by atomic mass is 16.7. The summed E-state index contributed by atoms with van der Waals surface area (Å²) in [5.74, 6) is 1.16. The summed E-state index contributed by atoms with van der Waals surface area (Å²) in [4.78, 5) is 44.9. The number of ether oxygens (including phenoxy) is 1. The molecule has 3 heterocycles. The Morgan fingerprint density at radius 3 is 2.53 bits per heavy atom. The molecule has 4 aromatic rings. The van der Waals surface area contributed by atoms with E-state index in [4.69, 9.17) is 9.57 Å². The molecule has 1 aromatic heterocycles. The van der Waals surface area contributed by atoms with Gasteiger partial charge in [0.25, 0.3) is 5.91 Å². The zero-order valence-electron chi connectivity index (χ0n) is 26.5. The highest BCUT2D eigenvalue weighted by molar-refractivity contribution is 6.04. The topological polar surface area (TPSA) is 124 Å². The lowest BCUT2D eigenvalue weighted by Crippen LogP contribution is -2.44. The molecule has 12 nitrogen and oxygen atoms in total. The van der Waals surface area contributed by atoms with Crippen LogP contribution in [0.25, 0.3) is 0 Å². The first-order valence-electron chi connectivity index (χ1n) is 15.5. The lowest BCUT2D eigenvalue weighted by Gasteiger charge is -2.35. The standard InChI is InChI=1S/C35H38N8O4/c1-4-34(44)40-27-20-28(31(46-3)21-30(27)42-16-14-41(2)15-17-42)39-32-22-33(37-23-36-32)43-29(13-18-47-43)24-9-8-10-25(19-24)35(45)38-26-11-6-5-7-12-26/h4-12,19-23,29H,1,13-18H2,2-3H3,(H,38,45)(H,40,44)(H,36,37,39). The second-order valence-corrected chi connectivity index (χ2v) is 11.3. The molecule has 2 amide bonds. The molecular weight excluding hydrogens is 596 g/mol. The normalized spacial score (nSPS) is 16.4. The first kappa shape index (κ1) is 31.5. The van der Waals surface area contributed by atoms with Gasteiger partial charge in [-0.2, -0.15) is 0 Å². The van der Waals surface area contributed by atoms with Crippen LogP contribution >= 0.6 is 0 Å². The summed E-state index contributed by atoms with van der Waals surface area (Å²) in [6.45, 7) is 7.55. The minimum Gasteiger partial charge on any atom is -0.494 e. The van der Waals surface area contributed by atoms with Crippen LogP contribution < -0.4 is 30.7 Å². The van der Waals surface area contributed by atoms with E-state index < -0.39 is 0 Å². The number of piperazine rings is 1. The van der Waals surface area contributed by atoms with Gasteiger partial charge in [0.05, 0.1) is 36.8 Å². The molecule has 2 aliphatic rings. The molecule has 0 bridgehead atoms. The first-order valence-corrected chi connectivity index (χ1v) is 15.5. The van der Waals surface area contributed by atoms with E-state index in [2.05, 4.69) is 49.3 Å². The van der Waals surface area contributed by atoms with Gasteiger partial charge in [0.1, 0.15) is 17.9 Å². The van der Waals surface area contributed by atoms with Crippen molar-refractivity contribution in [1.29, 1.82) is 0 Å². The Bertz CT molecular complexity index is 1740. The van der Waals surface area contributed by atoms with E-state index >= 15 is 0 Å². The van der Waals surface area contributed by atoms with Gasteiger partial charge in [0, 0.05) is 56.0 Å². The third-order valence-corrected chi connectivity index (χ3v) is 8.22. The fourth-order valence-corrected chi connectivity index (χ4v) is 5.71. The van der Waals surface area contributed by atoms with E-state index in [1.165, 1.54) is 12.4 Å². The van der Waals surface area contributed by atoms with Crippen LogP contribution in [0.1, 0.15) is 28.4 Å². The van der Waals surface area contributed by atoms with Crippen LogP contribution in [0, 0.1) is 0 Å². The highest BCUT2D eigenvalue weighted by Crippen LogP contribution is 2.40. The number of nitrogens with zero attached hydrogens (tertiary/aromatic N) is 5. The number of hydroxylamine groups is 1. The van der Waals surface area contributed by atoms with Gasteiger partial charge in [0.15, 0.2) is 5.82 Å². The smallest absolute Gasteiger partial charge is 0.255 e. The van der Waals surface area contributed by atoms with Crippen molar-refractivity contribution in [1.82, 2.24) is 14.9 Å². The molecule has 0 saturated carbocycles. The maximum Gasteiger partial charge on any atom is 0.255 e. The molecule has 0 radical (unpaired) electrons. The van der Waals surface area contributed by atoms with Gasteiger partial charge < -0.3 is 30.5 Å². The fourth-order valence-electron chi connectivity index (χ4n) is 5.71. The third-order valence-electron chi connectivity index (χ3n) is 8.22. The molecule has 3 N–H and O–H groups in total. The number of carbonyl (C=O) groups excluding carboxylic acids is 2. The van der Waals surface area contributed by atoms with Crippen LogP contribution in [-0.4, -0.2) is 73.6 Å². The third kappa shape index (κ3) is 7.35. The molecule has 1 unspecified atom stereocenters. The van der Waals surface area contributed by atoms with Gasteiger partial charge in [-0.25, -0.2) is 15.0 Å². The number of amides is 2. The van der Waals surface area contributed by atoms with Crippen molar-refractivity contribution >= 4 is 46.2 Å². The van der Waals surface area contributed by atoms with Gasteiger partial charge in [-0.15, -0.1) is 0 Å². The zero-order chi connectivity index (χ0) is 32.8. The van der Waals surface area contributed by atoms with E-state index in [9.17, 15) is 9.59 Å². The number of aromatic nitrogens is 2. The van der Waals surface area contributed by atoms with Crippen LogP contribution in [0.3, 0.4) is 0 Å². The molecule has 2 fully saturated rings. The van der Waals surface area contributed by atoms with E-state index in [0.717, 1.165) is 43.1 Å². The summed E-state index contributed by atoms with van der Waals surface area (Å²) in [6, 6.07) is 22.3. The Morgan fingerprint density at radius 2 is 1.77 bits per heavy atom. The van der Waals surface area contributed by atoms with Gasteiger partial charge in [-0.3, -0.25) is 14.4 Å². The summed E-state index contributed by atoms with van der Waals surface area (Å²) in [6.07, 6.45) is 3.43. The molecule has 12 heteroatoms. The molecule has 1 atom stereocenters. The Kier molecular flexibility index (Phi) is 9.60. The van der Waals surface area contributed by atoms with Crippen LogP contribution in [0.2, 0.25) is 0 Å². The second kappa shape index (κ2) is 14.3. The Hall–Kier alpha value is -5.46. The van der Waals surface area contributed by atoms with Crippen molar-refractivity contribution in [2.75, 3.05) is 72.9 Å². The van der Waals surface area contributed by atoms with E-state index in [0.29, 0.717) is 47.4 Å². The van der Waals surface area contributed by atoms with Crippen molar-refractivity contribution in [2.45, 2.75) is 12.5 Å². The summed E-state index contributed by atoms with van der Waals surface area (Å²) < 4.78 is 5.79. The SMILES string of the molecule is C=CC(=O)Nc1cc(Nc2cc(N3OCCC3c3cccc(C(=O)Nc4ccccc4)c3)ncn2)c(OC)cc1N1CCN(C)CC1. The number of carbonyl (C=O) groups is 2. The van der Waals surface area contributed by atoms with E-state index in [1.54, 1.807) is 24.3 Å². The molecule has 242 valence electrons. The quantitative estimate of drug-likeness (QED) is 0.200. The number of hydrogen-bond donors (Lipinski definition) is 3. The van der Waals surface area contributed by atoms with E-state index in [-0.39, 0.29) is 17.9 Å². The largest absolute Gasteiger partial charge is 0.494 e. The number of nitrogens with one attached hydrogen (secondary N) is 3. The molecule has 47 heavy (non-hydrogen) atoms. The minimum absolute atomic E-state index is 0.166. The Balaban J connectivity index is 1.24. The second-order valence-electron chi connectivity index (χ2n) is 11.3. The number of para-hydroxylation sites is 1. The monoisotopic (exact) mass is 634 g/mol. The molecule has 0 spiro atoms. The van der Waals surface area contributed by atoms with Crippen LogP contribution in [0.5, 0.6) is 5.75 Å². The number of rotatable bonds is 10. The fraction of sp³-hybridized carbons (Fsp3) is 0.257. The predicted molar refractivity (Wildman–Crippen MR) is 183 cm³/mol. The number of likely N-dealkylation sites (N-methyl/N-ethyl adjacent to an activating group) is 1. The first-order chi connectivity index (χ1) is 22.9. The maximum absolute atomic E-state index is 13.0. The van der Waals surface area contributed by atoms with Crippen molar-refractivity contribution < 1.29 is 19.2 Å². The molecule has 2 aliphatic heterocycles. The van der Waals surface area contributed by atoms with Crippen LogP contribution in [0.4, 0.5) is 34.4 Å². The van der Waals surface area contributed by atoms with Crippen molar-refractivity contribution in [3.63, 3.8) is 0 Å². The minimum atomic E-state index is -0.306. The number of benzene rings is 3. The molecule has 3 aromatic carbocycles.